The second-order valence-corrected chi connectivity index (χ2v) is 6.36. The molecular formula is C21H19F2NO4. The van der Waals surface area contributed by atoms with Gasteiger partial charge in [0.05, 0.1) is 12.2 Å². The first kappa shape index (κ1) is 21.0. The summed E-state index contributed by atoms with van der Waals surface area (Å²) in [5, 5.41) is 19.9. The molecule has 2 rings (SSSR count). The van der Waals surface area contributed by atoms with E-state index in [4.69, 9.17) is 4.74 Å². The minimum Gasteiger partial charge on any atom is -0.481 e. The van der Waals surface area contributed by atoms with Crippen LogP contribution >= 0.6 is 0 Å². The Morgan fingerprint density at radius 2 is 1.50 bits per heavy atom. The Morgan fingerprint density at radius 1 is 1.07 bits per heavy atom. The fraction of sp³-hybridized carbons (Fsp3) is 0.286. The topological polar surface area (TPSA) is 87.4 Å². The van der Waals surface area contributed by atoms with Gasteiger partial charge in [0.2, 0.25) is 0 Å². The van der Waals surface area contributed by atoms with Crippen LogP contribution in [0, 0.1) is 28.9 Å². The number of nitriles is 1. The summed E-state index contributed by atoms with van der Waals surface area (Å²) in [5.41, 5.74) is -1.88. The molecule has 0 aliphatic carbocycles. The van der Waals surface area contributed by atoms with Crippen molar-refractivity contribution in [3.05, 3.63) is 71.3 Å². The number of rotatable bonds is 7. The molecule has 0 saturated carbocycles. The zero-order chi connectivity index (χ0) is 20.9. The minimum absolute atomic E-state index is 0.0801. The maximum absolute atomic E-state index is 13.4. The minimum atomic E-state index is -2.04. The van der Waals surface area contributed by atoms with Crippen molar-refractivity contribution in [2.75, 3.05) is 0 Å². The lowest BCUT2D eigenvalue weighted by molar-refractivity contribution is -0.163. The number of halogens is 2. The van der Waals surface area contributed by atoms with Crippen molar-refractivity contribution in [3.8, 4) is 6.07 Å². The lowest BCUT2D eigenvalue weighted by atomic mass is 9.66. The number of benzene rings is 2. The van der Waals surface area contributed by atoms with Crippen molar-refractivity contribution >= 4 is 11.9 Å². The van der Waals surface area contributed by atoms with Gasteiger partial charge in [-0.15, -0.1) is 0 Å². The van der Waals surface area contributed by atoms with Crippen molar-refractivity contribution in [1.82, 2.24) is 0 Å². The highest BCUT2D eigenvalue weighted by Gasteiger charge is 2.52. The van der Waals surface area contributed by atoms with E-state index in [1.165, 1.54) is 24.3 Å². The number of carbonyl (C=O) groups is 2. The molecule has 0 bridgehead atoms. The summed E-state index contributed by atoms with van der Waals surface area (Å²) in [6.07, 6.45) is -0.114. The third kappa shape index (κ3) is 4.01. The van der Waals surface area contributed by atoms with E-state index >= 15 is 0 Å². The summed E-state index contributed by atoms with van der Waals surface area (Å²) < 4.78 is 32.1. The predicted octanol–water partition coefficient (Wildman–Crippen LogP) is 3.82. The zero-order valence-corrected chi connectivity index (χ0v) is 15.4. The molecule has 2 unspecified atom stereocenters. The molecule has 0 aliphatic heterocycles. The van der Waals surface area contributed by atoms with Crippen LogP contribution in [0.3, 0.4) is 0 Å². The summed E-state index contributed by atoms with van der Waals surface area (Å²) in [4.78, 5) is 24.8. The van der Waals surface area contributed by atoms with Gasteiger partial charge in [0.25, 0.3) is 0 Å². The molecule has 146 valence electrons. The average molecular weight is 387 g/mol. The first-order valence-electron chi connectivity index (χ1n) is 8.62. The molecular weight excluding hydrogens is 368 g/mol. The van der Waals surface area contributed by atoms with Crippen LogP contribution in [-0.4, -0.2) is 23.1 Å². The number of hydrogen-bond acceptors (Lipinski definition) is 4. The van der Waals surface area contributed by atoms with E-state index in [1.54, 1.807) is 13.8 Å². The van der Waals surface area contributed by atoms with E-state index < -0.39 is 41.0 Å². The maximum atomic E-state index is 13.4. The SMILES string of the molecule is CCC(C)OC(=O)C(C(=O)O)C(C#N)(c1ccc(F)cc1)c1ccc(F)cc1. The van der Waals surface area contributed by atoms with E-state index in [0.29, 0.717) is 6.42 Å². The zero-order valence-electron chi connectivity index (χ0n) is 15.4. The van der Waals surface area contributed by atoms with Gasteiger partial charge in [-0.1, -0.05) is 31.2 Å². The van der Waals surface area contributed by atoms with Crippen molar-refractivity contribution in [2.45, 2.75) is 31.8 Å². The normalized spacial score (nSPS) is 13.2. The van der Waals surface area contributed by atoms with Gasteiger partial charge in [-0.05, 0) is 48.7 Å². The fourth-order valence-electron chi connectivity index (χ4n) is 2.93. The van der Waals surface area contributed by atoms with Gasteiger partial charge in [0.15, 0.2) is 5.92 Å². The Bertz CT molecular complexity index is 843. The Kier molecular flexibility index (Phi) is 6.47. The van der Waals surface area contributed by atoms with Crippen LogP contribution in [0.2, 0.25) is 0 Å². The van der Waals surface area contributed by atoms with Crippen LogP contribution in [0.5, 0.6) is 0 Å². The predicted molar refractivity (Wildman–Crippen MR) is 96.2 cm³/mol. The van der Waals surface area contributed by atoms with Gasteiger partial charge < -0.3 is 9.84 Å². The molecule has 2 aromatic carbocycles. The third-order valence-electron chi connectivity index (χ3n) is 4.58. The van der Waals surface area contributed by atoms with Crippen LogP contribution in [0.25, 0.3) is 0 Å². The molecule has 28 heavy (non-hydrogen) atoms. The summed E-state index contributed by atoms with van der Waals surface area (Å²) in [6.45, 7) is 3.35. The van der Waals surface area contributed by atoms with Crippen LogP contribution in [0.15, 0.2) is 48.5 Å². The average Bonchev–Trinajstić information content (AvgIpc) is 2.67. The molecule has 5 nitrogen and oxygen atoms in total. The number of esters is 1. The van der Waals surface area contributed by atoms with Crippen molar-refractivity contribution < 1.29 is 28.2 Å². The second kappa shape index (κ2) is 8.61. The van der Waals surface area contributed by atoms with Gasteiger partial charge >= 0.3 is 11.9 Å². The Labute approximate surface area is 161 Å². The second-order valence-electron chi connectivity index (χ2n) is 6.36. The number of ether oxygens (including phenoxy) is 1. The number of carboxylic acid groups (broad SMARTS) is 1. The van der Waals surface area contributed by atoms with Crippen LogP contribution in [0.4, 0.5) is 8.78 Å². The van der Waals surface area contributed by atoms with Gasteiger partial charge in [0.1, 0.15) is 17.0 Å². The first-order valence-corrected chi connectivity index (χ1v) is 8.62. The number of carboxylic acids is 1. The van der Waals surface area contributed by atoms with Gasteiger partial charge in [-0.2, -0.15) is 5.26 Å². The lowest BCUT2D eigenvalue weighted by Gasteiger charge is -2.32. The van der Waals surface area contributed by atoms with Crippen LogP contribution < -0.4 is 0 Å². The Hall–Kier alpha value is -3.27. The van der Waals surface area contributed by atoms with E-state index in [0.717, 1.165) is 24.3 Å². The lowest BCUT2D eigenvalue weighted by Crippen LogP contribution is -2.46. The van der Waals surface area contributed by atoms with Crippen molar-refractivity contribution in [3.63, 3.8) is 0 Å². The number of nitrogens with zero attached hydrogens (tertiary/aromatic N) is 1. The Balaban J connectivity index is 2.75. The van der Waals surface area contributed by atoms with E-state index in [2.05, 4.69) is 0 Å². The van der Waals surface area contributed by atoms with Crippen molar-refractivity contribution in [1.29, 1.82) is 5.26 Å². The number of aliphatic carboxylic acids is 1. The summed E-state index contributed by atoms with van der Waals surface area (Å²) in [7, 11) is 0. The maximum Gasteiger partial charge on any atom is 0.322 e. The van der Waals surface area contributed by atoms with Gasteiger partial charge in [-0.25, -0.2) is 8.78 Å². The molecule has 0 fully saturated rings. The molecule has 0 heterocycles. The molecule has 0 aliphatic rings. The largest absolute Gasteiger partial charge is 0.481 e. The molecule has 2 aromatic rings. The molecule has 7 heteroatoms. The summed E-state index contributed by atoms with van der Waals surface area (Å²) in [6, 6.07) is 11.1. The Morgan fingerprint density at radius 3 is 1.82 bits per heavy atom. The number of hydrogen-bond donors (Lipinski definition) is 1. The van der Waals surface area contributed by atoms with E-state index in [9.17, 15) is 28.7 Å². The summed E-state index contributed by atoms with van der Waals surface area (Å²) >= 11 is 0. The highest BCUT2D eigenvalue weighted by molar-refractivity contribution is 5.97. The van der Waals surface area contributed by atoms with E-state index in [1.807, 2.05) is 6.07 Å². The van der Waals surface area contributed by atoms with Crippen LogP contribution in [0.1, 0.15) is 31.4 Å². The van der Waals surface area contributed by atoms with E-state index in [-0.39, 0.29) is 11.1 Å². The number of carbonyl (C=O) groups excluding carboxylic acids is 1. The smallest absolute Gasteiger partial charge is 0.322 e. The highest BCUT2D eigenvalue weighted by atomic mass is 19.1. The molecule has 0 saturated heterocycles. The molecule has 0 spiro atoms. The quantitative estimate of drug-likeness (QED) is 0.576. The molecule has 0 amide bonds. The summed E-state index contributed by atoms with van der Waals surface area (Å²) in [5.74, 6) is -5.81. The van der Waals surface area contributed by atoms with Crippen molar-refractivity contribution in [2.24, 2.45) is 5.92 Å². The molecule has 1 N–H and O–H groups in total. The van der Waals surface area contributed by atoms with Gasteiger partial charge in [-0.3, -0.25) is 9.59 Å². The molecule has 0 aromatic heterocycles. The molecule has 2 atom stereocenters. The monoisotopic (exact) mass is 387 g/mol. The fourth-order valence-corrected chi connectivity index (χ4v) is 2.93. The standard InChI is InChI=1S/C21H19F2NO4/c1-3-13(2)28-20(27)18(19(25)26)21(12-24,14-4-8-16(22)9-5-14)15-6-10-17(23)11-7-15/h4-11,13,18H,3H2,1-2H3,(H,25,26). The third-order valence-corrected chi connectivity index (χ3v) is 4.58. The highest BCUT2D eigenvalue weighted by Crippen LogP contribution is 2.40. The first-order chi connectivity index (χ1) is 13.3. The van der Waals surface area contributed by atoms with Crippen LogP contribution in [-0.2, 0) is 19.7 Å². The molecule has 0 radical (unpaired) electrons. The van der Waals surface area contributed by atoms with Gasteiger partial charge in [0, 0.05) is 0 Å².